The summed E-state index contributed by atoms with van der Waals surface area (Å²) in [5.41, 5.74) is 1.22. The van der Waals surface area contributed by atoms with Gasteiger partial charge in [0.1, 0.15) is 6.54 Å². The molecular formula is C12H12BrNO3. The van der Waals surface area contributed by atoms with Crippen molar-refractivity contribution in [2.45, 2.75) is 0 Å². The Balaban J connectivity index is 2.85. The first-order chi connectivity index (χ1) is 8.15. The molecule has 1 amide bonds. The second kappa shape index (κ2) is 6.85. The lowest BCUT2D eigenvalue weighted by atomic mass is 10.1. The van der Waals surface area contributed by atoms with Crippen LogP contribution in [-0.2, 0) is 4.79 Å². The summed E-state index contributed by atoms with van der Waals surface area (Å²) in [5.74, 6) is -1.45. The van der Waals surface area contributed by atoms with E-state index in [1.165, 1.54) is 0 Å². The number of carboxylic acids is 1. The average molecular weight is 298 g/mol. The summed E-state index contributed by atoms with van der Waals surface area (Å²) >= 11 is 3.25. The molecule has 0 aliphatic heterocycles. The summed E-state index contributed by atoms with van der Waals surface area (Å²) in [5, 5.41) is 11.5. The molecule has 5 heteroatoms. The molecule has 0 atom stereocenters. The largest absolute Gasteiger partial charge is 0.480 e. The van der Waals surface area contributed by atoms with E-state index in [-0.39, 0.29) is 12.5 Å². The molecule has 4 nitrogen and oxygen atoms in total. The molecule has 1 rings (SSSR count). The van der Waals surface area contributed by atoms with Gasteiger partial charge >= 0.3 is 5.97 Å². The number of amides is 1. The molecule has 17 heavy (non-hydrogen) atoms. The molecule has 90 valence electrons. The normalized spacial score (nSPS) is 10.4. The number of carbonyl (C=O) groups excluding carboxylic acids is 1. The number of rotatable bonds is 5. The van der Waals surface area contributed by atoms with E-state index in [1.807, 2.05) is 18.2 Å². The van der Waals surface area contributed by atoms with Gasteiger partial charge in [0.25, 0.3) is 5.91 Å². The number of aliphatic carboxylic acids is 1. The zero-order valence-corrected chi connectivity index (χ0v) is 10.6. The van der Waals surface area contributed by atoms with Gasteiger partial charge in [-0.2, -0.15) is 0 Å². The highest BCUT2D eigenvalue weighted by molar-refractivity contribution is 9.09. The van der Waals surface area contributed by atoms with Crippen LogP contribution in [0.15, 0.2) is 30.3 Å². The fourth-order valence-electron chi connectivity index (χ4n) is 1.27. The number of alkyl halides is 1. The van der Waals surface area contributed by atoms with Gasteiger partial charge in [0.15, 0.2) is 0 Å². The second-order valence-corrected chi connectivity index (χ2v) is 3.87. The number of halogens is 1. The summed E-state index contributed by atoms with van der Waals surface area (Å²) in [7, 11) is 0. The third-order valence-electron chi connectivity index (χ3n) is 1.99. The highest BCUT2D eigenvalue weighted by Gasteiger charge is 2.09. The van der Waals surface area contributed by atoms with Crippen LogP contribution in [0.5, 0.6) is 0 Å². The van der Waals surface area contributed by atoms with Crippen LogP contribution < -0.4 is 5.32 Å². The lowest BCUT2D eigenvalue weighted by molar-refractivity contribution is -0.135. The Labute approximate surface area is 107 Å². The van der Waals surface area contributed by atoms with Crippen molar-refractivity contribution in [2.24, 2.45) is 0 Å². The maximum Gasteiger partial charge on any atom is 0.322 e. The van der Waals surface area contributed by atoms with E-state index in [2.05, 4.69) is 21.2 Å². The predicted octanol–water partition coefficient (Wildman–Crippen LogP) is 1.91. The highest BCUT2D eigenvalue weighted by atomic mass is 79.9. The van der Waals surface area contributed by atoms with Crippen molar-refractivity contribution < 1.29 is 14.7 Å². The number of hydrogen-bond acceptors (Lipinski definition) is 2. The smallest absolute Gasteiger partial charge is 0.322 e. The van der Waals surface area contributed by atoms with Crippen LogP contribution in [0.1, 0.15) is 15.9 Å². The lowest BCUT2D eigenvalue weighted by Gasteiger charge is -2.05. The van der Waals surface area contributed by atoms with Crippen LogP contribution in [0.2, 0.25) is 0 Å². The predicted molar refractivity (Wildman–Crippen MR) is 69.2 cm³/mol. The standard InChI is InChI=1S/C12H12BrNO3/c13-7-3-5-9-4-1-2-6-10(9)12(17)14-8-11(15)16/h1-6H,7-8H2,(H,14,17)(H,15,16). The fourth-order valence-corrected chi connectivity index (χ4v) is 1.46. The summed E-state index contributed by atoms with van der Waals surface area (Å²) in [6, 6.07) is 7.02. The Hall–Kier alpha value is -1.62. The van der Waals surface area contributed by atoms with Crippen molar-refractivity contribution in [3.8, 4) is 0 Å². The van der Waals surface area contributed by atoms with Gasteiger partial charge in [-0.15, -0.1) is 0 Å². The van der Waals surface area contributed by atoms with Gasteiger partial charge in [-0.25, -0.2) is 0 Å². The Bertz CT molecular complexity index is 443. The van der Waals surface area contributed by atoms with Crippen LogP contribution in [0.4, 0.5) is 0 Å². The summed E-state index contributed by atoms with van der Waals surface area (Å²) in [6.07, 6.45) is 3.67. The summed E-state index contributed by atoms with van der Waals surface area (Å²) < 4.78 is 0. The van der Waals surface area contributed by atoms with Gasteiger partial charge in [-0.1, -0.05) is 46.3 Å². The molecule has 0 heterocycles. The zero-order chi connectivity index (χ0) is 12.7. The molecule has 0 aromatic heterocycles. The van der Waals surface area contributed by atoms with Crippen molar-refractivity contribution in [1.29, 1.82) is 0 Å². The van der Waals surface area contributed by atoms with E-state index < -0.39 is 5.97 Å². The van der Waals surface area contributed by atoms with Crippen molar-refractivity contribution in [3.63, 3.8) is 0 Å². The van der Waals surface area contributed by atoms with Crippen molar-refractivity contribution in [1.82, 2.24) is 5.32 Å². The van der Waals surface area contributed by atoms with Crippen LogP contribution in [0, 0.1) is 0 Å². The van der Waals surface area contributed by atoms with Gasteiger partial charge in [0.2, 0.25) is 0 Å². The Morgan fingerprint density at radius 1 is 1.35 bits per heavy atom. The van der Waals surface area contributed by atoms with Gasteiger partial charge in [0, 0.05) is 10.9 Å². The fraction of sp³-hybridized carbons (Fsp3) is 0.167. The Morgan fingerprint density at radius 2 is 2.06 bits per heavy atom. The molecule has 0 unspecified atom stereocenters. The van der Waals surface area contributed by atoms with E-state index in [9.17, 15) is 9.59 Å². The molecule has 0 radical (unpaired) electrons. The first-order valence-electron chi connectivity index (χ1n) is 4.96. The number of benzene rings is 1. The molecule has 0 saturated carbocycles. The number of hydrogen-bond donors (Lipinski definition) is 2. The third kappa shape index (κ3) is 4.40. The van der Waals surface area contributed by atoms with E-state index >= 15 is 0 Å². The molecule has 0 aliphatic carbocycles. The van der Waals surface area contributed by atoms with E-state index in [1.54, 1.807) is 18.2 Å². The Morgan fingerprint density at radius 3 is 2.71 bits per heavy atom. The minimum Gasteiger partial charge on any atom is -0.480 e. The first-order valence-corrected chi connectivity index (χ1v) is 6.09. The average Bonchev–Trinajstić information content (AvgIpc) is 2.33. The van der Waals surface area contributed by atoms with Crippen LogP contribution in [0.3, 0.4) is 0 Å². The first kappa shape index (κ1) is 13.4. The van der Waals surface area contributed by atoms with Crippen molar-refractivity contribution in [2.75, 3.05) is 11.9 Å². The summed E-state index contributed by atoms with van der Waals surface area (Å²) in [6.45, 7) is -0.380. The maximum atomic E-state index is 11.7. The minimum atomic E-state index is -1.06. The van der Waals surface area contributed by atoms with E-state index in [4.69, 9.17) is 5.11 Å². The third-order valence-corrected chi connectivity index (χ3v) is 2.37. The molecule has 0 spiro atoms. The number of carbonyl (C=O) groups is 2. The Kier molecular flexibility index (Phi) is 5.42. The molecule has 0 saturated heterocycles. The topological polar surface area (TPSA) is 66.4 Å². The number of nitrogens with one attached hydrogen (secondary N) is 1. The highest BCUT2D eigenvalue weighted by Crippen LogP contribution is 2.10. The van der Waals surface area contributed by atoms with Crippen LogP contribution in [0.25, 0.3) is 6.08 Å². The number of carboxylic acid groups (broad SMARTS) is 1. The van der Waals surface area contributed by atoms with Gasteiger partial charge in [-0.3, -0.25) is 9.59 Å². The van der Waals surface area contributed by atoms with Crippen LogP contribution >= 0.6 is 15.9 Å². The molecule has 0 bridgehead atoms. The maximum absolute atomic E-state index is 11.7. The quantitative estimate of drug-likeness (QED) is 0.816. The lowest BCUT2D eigenvalue weighted by Crippen LogP contribution is -2.29. The SMILES string of the molecule is O=C(O)CNC(=O)c1ccccc1C=CCBr. The van der Waals surface area contributed by atoms with E-state index in [0.29, 0.717) is 10.9 Å². The van der Waals surface area contributed by atoms with E-state index in [0.717, 1.165) is 5.56 Å². The summed E-state index contributed by atoms with van der Waals surface area (Å²) in [4.78, 5) is 22.1. The molecule has 1 aromatic rings. The van der Waals surface area contributed by atoms with Crippen molar-refractivity contribution >= 4 is 33.9 Å². The van der Waals surface area contributed by atoms with Gasteiger partial charge in [0.05, 0.1) is 0 Å². The molecular weight excluding hydrogens is 286 g/mol. The molecule has 0 fully saturated rings. The van der Waals surface area contributed by atoms with Gasteiger partial charge in [-0.05, 0) is 11.6 Å². The molecule has 2 N–H and O–H groups in total. The second-order valence-electron chi connectivity index (χ2n) is 3.22. The molecule has 0 aliphatic rings. The molecule has 1 aromatic carbocycles. The zero-order valence-electron chi connectivity index (χ0n) is 9.02. The van der Waals surface area contributed by atoms with Crippen LogP contribution in [-0.4, -0.2) is 28.9 Å². The van der Waals surface area contributed by atoms with Gasteiger partial charge < -0.3 is 10.4 Å². The minimum absolute atomic E-state index is 0.380. The number of allylic oxidation sites excluding steroid dienone is 1. The monoisotopic (exact) mass is 297 g/mol. The van der Waals surface area contributed by atoms with Crippen molar-refractivity contribution in [3.05, 3.63) is 41.5 Å².